The molecule has 0 aliphatic heterocycles. The molecule has 2 N–H and O–H groups in total. The third kappa shape index (κ3) is 9.48. The van der Waals surface area contributed by atoms with Gasteiger partial charge < -0.3 is 10.4 Å². The van der Waals surface area contributed by atoms with Crippen LogP contribution in [-0.2, 0) is 0 Å². The predicted molar refractivity (Wildman–Crippen MR) is 47.3 cm³/mol. The van der Waals surface area contributed by atoms with Crippen LogP contribution in [-0.4, -0.2) is 24.8 Å². The lowest BCUT2D eigenvalue weighted by atomic mass is 10.3. The normalized spacial score (nSPS) is 9.45. The first-order chi connectivity index (χ1) is 5.41. The van der Waals surface area contributed by atoms with Gasteiger partial charge in [-0.15, -0.1) is 12.3 Å². The average Bonchev–Trinajstić information content (AvgIpc) is 2.03. The van der Waals surface area contributed by atoms with Crippen molar-refractivity contribution in [3.8, 4) is 12.3 Å². The predicted octanol–water partition coefficient (Wildman–Crippen LogP) is 0.762. The second-order valence-electron chi connectivity index (χ2n) is 2.49. The lowest BCUT2D eigenvalue weighted by molar-refractivity contribution is 0.283. The van der Waals surface area contributed by atoms with Gasteiger partial charge in [0.15, 0.2) is 0 Å². The minimum Gasteiger partial charge on any atom is -0.396 e. The molecule has 0 radical (unpaired) electrons. The lowest BCUT2D eigenvalue weighted by Crippen LogP contribution is -2.16. The second-order valence-corrected chi connectivity index (χ2v) is 2.49. The molecule has 0 rings (SSSR count). The van der Waals surface area contributed by atoms with Gasteiger partial charge in [0, 0.05) is 13.0 Å². The van der Waals surface area contributed by atoms with Crippen LogP contribution in [0.2, 0.25) is 0 Å². The topological polar surface area (TPSA) is 32.3 Å². The molecule has 0 aromatic heterocycles. The Morgan fingerprint density at radius 2 is 1.91 bits per heavy atom. The van der Waals surface area contributed by atoms with Gasteiger partial charge in [-0.25, -0.2) is 0 Å². The van der Waals surface area contributed by atoms with Crippen LogP contribution in [0.25, 0.3) is 0 Å². The lowest BCUT2D eigenvalue weighted by Gasteiger charge is -2.00. The number of rotatable bonds is 7. The van der Waals surface area contributed by atoms with Gasteiger partial charge >= 0.3 is 0 Å². The van der Waals surface area contributed by atoms with E-state index < -0.39 is 0 Å². The largest absolute Gasteiger partial charge is 0.396 e. The van der Waals surface area contributed by atoms with E-state index in [2.05, 4.69) is 11.2 Å². The van der Waals surface area contributed by atoms with Crippen LogP contribution < -0.4 is 5.32 Å². The van der Waals surface area contributed by atoms with Gasteiger partial charge in [-0.1, -0.05) is 0 Å². The Balaban J connectivity index is 2.75. The van der Waals surface area contributed by atoms with Crippen molar-refractivity contribution in [2.75, 3.05) is 19.7 Å². The van der Waals surface area contributed by atoms with E-state index in [1.807, 2.05) is 0 Å². The SMILES string of the molecule is C#CCCCNCCCCO. The first kappa shape index (κ1) is 10.5. The minimum absolute atomic E-state index is 0.298. The van der Waals surface area contributed by atoms with Crippen molar-refractivity contribution >= 4 is 0 Å². The monoisotopic (exact) mass is 155 g/mol. The molecule has 0 aliphatic carbocycles. The first-order valence-corrected chi connectivity index (χ1v) is 4.17. The molecule has 0 spiro atoms. The van der Waals surface area contributed by atoms with Gasteiger partial charge in [0.25, 0.3) is 0 Å². The summed E-state index contributed by atoms with van der Waals surface area (Å²) in [6.07, 6.45) is 8.92. The number of aliphatic hydroxyl groups excluding tert-OH is 1. The van der Waals surface area contributed by atoms with Crippen LogP contribution in [0.3, 0.4) is 0 Å². The standard InChI is InChI=1S/C9H17NO/c1-2-3-4-7-10-8-5-6-9-11/h1,10-11H,3-9H2. The highest BCUT2D eigenvalue weighted by Crippen LogP contribution is 1.86. The van der Waals surface area contributed by atoms with Gasteiger partial charge in [0.1, 0.15) is 0 Å². The zero-order valence-corrected chi connectivity index (χ0v) is 6.97. The third-order valence-electron chi connectivity index (χ3n) is 1.44. The summed E-state index contributed by atoms with van der Waals surface area (Å²) in [4.78, 5) is 0. The fourth-order valence-electron chi connectivity index (χ4n) is 0.802. The Morgan fingerprint density at radius 1 is 1.18 bits per heavy atom. The maximum Gasteiger partial charge on any atom is 0.0431 e. The molecule has 2 nitrogen and oxygen atoms in total. The quantitative estimate of drug-likeness (QED) is 0.420. The molecule has 0 fully saturated rings. The molecule has 0 unspecified atom stereocenters. The van der Waals surface area contributed by atoms with Crippen molar-refractivity contribution in [2.24, 2.45) is 0 Å². The molecular formula is C9H17NO. The summed E-state index contributed by atoms with van der Waals surface area (Å²) in [7, 11) is 0. The van der Waals surface area contributed by atoms with E-state index in [-0.39, 0.29) is 0 Å². The summed E-state index contributed by atoms with van der Waals surface area (Å²) < 4.78 is 0. The molecule has 64 valence electrons. The zero-order chi connectivity index (χ0) is 8.36. The fourth-order valence-corrected chi connectivity index (χ4v) is 0.802. The highest BCUT2D eigenvalue weighted by atomic mass is 16.2. The summed E-state index contributed by atoms with van der Waals surface area (Å²) >= 11 is 0. The highest BCUT2D eigenvalue weighted by Gasteiger charge is 1.86. The van der Waals surface area contributed by atoms with Crippen LogP contribution in [0.4, 0.5) is 0 Å². The Labute approximate surface area is 69.0 Å². The van der Waals surface area contributed by atoms with Crippen molar-refractivity contribution < 1.29 is 5.11 Å². The van der Waals surface area contributed by atoms with Gasteiger partial charge in [-0.05, 0) is 32.4 Å². The van der Waals surface area contributed by atoms with Crippen molar-refractivity contribution in [1.29, 1.82) is 0 Å². The van der Waals surface area contributed by atoms with Crippen LogP contribution >= 0.6 is 0 Å². The van der Waals surface area contributed by atoms with E-state index in [0.717, 1.165) is 38.8 Å². The maximum absolute atomic E-state index is 8.45. The molecule has 2 heteroatoms. The summed E-state index contributed by atoms with van der Waals surface area (Å²) in [5.74, 6) is 2.59. The smallest absolute Gasteiger partial charge is 0.0431 e. The van der Waals surface area contributed by atoms with Crippen LogP contribution in [0, 0.1) is 12.3 Å². The minimum atomic E-state index is 0.298. The molecule has 11 heavy (non-hydrogen) atoms. The Bertz CT molecular complexity index is 107. The van der Waals surface area contributed by atoms with Crippen molar-refractivity contribution in [3.05, 3.63) is 0 Å². The maximum atomic E-state index is 8.45. The summed E-state index contributed by atoms with van der Waals surface area (Å²) in [6.45, 7) is 2.28. The van der Waals surface area contributed by atoms with E-state index in [9.17, 15) is 0 Å². The number of aliphatic hydroxyl groups is 1. The highest BCUT2D eigenvalue weighted by molar-refractivity contribution is 4.83. The molecule has 0 heterocycles. The molecular weight excluding hydrogens is 138 g/mol. The molecule has 0 amide bonds. The van der Waals surface area contributed by atoms with Crippen molar-refractivity contribution in [2.45, 2.75) is 25.7 Å². The number of hydrogen-bond acceptors (Lipinski definition) is 2. The third-order valence-corrected chi connectivity index (χ3v) is 1.44. The number of terminal acetylenes is 1. The van der Waals surface area contributed by atoms with E-state index in [4.69, 9.17) is 11.5 Å². The van der Waals surface area contributed by atoms with Gasteiger partial charge in [0.05, 0.1) is 0 Å². The Kier molecular flexibility index (Phi) is 9.03. The molecule has 0 aromatic carbocycles. The molecule has 0 aliphatic rings. The van der Waals surface area contributed by atoms with Crippen LogP contribution in [0.5, 0.6) is 0 Å². The van der Waals surface area contributed by atoms with Crippen LogP contribution in [0.15, 0.2) is 0 Å². The van der Waals surface area contributed by atoms with Crippen LogP contribution in [0.1, 0.15) is 25.7 Å². The molecule has 0 atom stereocenters. The number of hydrogen-bond donors (Lipinski definition) is 2. The zero-order valence-electron chi connectivity index (χ0n) is 6.97. The molecule has 0 saturated carbocycles. The summed E-state index contributed by atoms with van der Waals surface area (Å²) in [5.41, 5.74) is 0. The van der Waals surface area contributed by atoms with E-state index in [0.29, 0.717) is 6.61 Å². The van der Waals surface area contributed by atoms with Crippen molar-refractivity contribution in [1.82, 2.24) is 5.32 Å². The summed E-state index contributed by atoms with van der Waals surface area (Å²) in [6, 6.07) is 0. The molecule has 0 saturated heterocycles. The molecule has 0 bridgehead atoms. The van der Waals surface area contributed by atoms with Crippen molar-refractivity contribution in [3.63, 3.8) is 0 Å². The van der Waals surface area contributed by atoms with Gasteiger partial charge in [-0.2, -0.15) is 0 Å². The van der Waals surface area contributed by atoms with E-state index >= 15 is 0 Å². The Morgan fingerprint density at radius 3 is 2.55 bits per heavy atom. The number of nitrogens with one attached hydrogen (secondary N) is 1. The Hall–Kier alpha value is -0.520. The van der Waals surface area contributed by atoms with E-state index in [1.54, 1.807) is 0 Å². The number of unbranched alkanes of at least 4 members (excludes halogenated alkanes) is 2. The first-order valence-electron chi connectivity index (χ1n) is 4.17. The van der Waals surface area contributed by atoms with Gasteiger partial charge in [0.2, 0.25) is 0 Å². The average molecular weight is 155 g/mol. The molecule has 0 aromatic rings. The fraction of sp³-hybridized carbons (Fsp3) is 0.778. The van der Waals surface area contributed by atoms with Gasteiger partial charge in [-0.3, -0.25) is 0 Å². The second kappa shape index (κ2) is 9.48. The summed E-state index contributed by atoms with van der Waals surface area (Å²) in [5, 5.41) is 11.7. The van der Waals surface area contributed by atoms with E-state index in [1.165, 1.54) is 0 Å².